The largest absolute Gasteiger partial charge is 0.478 e. The molecular formula is C15H19NO4S. The predicted molar refractivity (Wildman–Crippen MR) is 80.0 cm³/mol. The smallest absolute Gasteiger partial charge is 0.335 e. The van der Waals surface area contributed by atoms with Gasteiger partial charge in [-0.05, 0) is 43.9 Å². The summed E-state index contributed by atoms with van der Waals surface area (Å²) < 4.78 is 27.0. The molecule has 1 N–H and O–H groups in total. The van der Waals surface area contributed by atoms with Crippen LogP contribution in [-0.2, 0) is 10.0 Å². The van der Waals surface area contributed by atoms with Crippen LogP contribution in [-0.4, -0.2) is 36.4 Å². The van der Waals surface area contributed by atoms with E-state index >= 15 is 0 Å². The van der Waals surface area contributed by atoms with Gasteiger partial charge in [-0.2, -0.15) is 4.31 Å². The molecule has 1 aromatic rings. The molecule has 0 heterocycles. The molecule has 1 aliphatic rings. The maximum atomic E-state index is 12.8. The van der Waals surface area contributed by atoms with E-state index in [9.17, 15) is 18.3 Å². The van der Waals surface area contributed by atoms with Crippen LogP contribution in [0, 0.1) is 13.8 Å². The Hall–Kier alpha value is -1.66. The summed E-state index contributed by atoms with van der Waals surface area (Å²) in [6.07, 6.45) is 3.23. The van der Waals surface area contributed by atoms with Gasteiger partial charge in [-0.3, -0.25) is 0 Å². The molecule has 1 aromatic carbocycles. The molecule has 0 unspecified atom stereocenters. The average Bonchev–Trinajstić information content (AvgIpc) is 3.18. The first kappa shape index (κ1) is 15.7. The number of nitrogens with zero attached hydrogens (tertiary/aromatic N) is 1. The molecule has 1 aliphatic carbocycles. The van der Waals surface area contributed by atoms with Crippen molar-refractivity contribution >= 4 is 16.0 Å². The fourth-order valence-corrected chi connectivity index (χ4v) is 4.29. The molecular weight excluding hydrogens is 290 g/mol. The molecule has 0 aliphatic heterocycles. The zero-order chi connectivity index (χ0) is 15.8. The number of hydrogen-bond acceptors (Lipinski definition) is 3. The quantitative estimate of drug-likeness (QED) is 0.818. The zero-order valence-electron chi connectivity index (χ0n) is 12.2. The maximum Gasteiger partial charge on any atom is 0.335 e. The molecule has 114 valence electrons. The predicted octanol–water partition coefficient (Wildman–Crippen LogP) is 2.34. The summed E-state index contributed by atoms with van der Waals surface area (Å²) >= 11 is 0. The zero-order valence-corrected chi connectivity index (χ0v) is 13.0. The fourth-order valence-electron chi connectivity index (χ4n) is 2.40. The third-order valence-corrected chi connectivity index (χ3v) is 5.66. The second-order valence-electron chi connectivity index (χ2n) is 5.33. The molecule has 21 heavy (non-hydrogen) atoms. The summed E-state index contributed by atoms with van der Waals surface area (Å²) in [5, 5.41) is 9.19. The molecule has 0 spiro atoms. The van der Waals surface area contributed by atoms with Crippen molar-refractivity contribution in [2.24, 2.45) is 0 Å². The Balaban J connectivity index is 2.55. The van der Waals surface area contributed by atoms with Gasteiger partial charge in [-0.15, -0.1) is 6.58 Å². The summed E-state index contributed by atoms with van der Waals surface area (Å²) in [5.74, 6) is -1.12. The van der Waals surface area contributed by atoms with E-state index in [1.165, 1.54) is 10.4 Å². The van der Waals surface area contributed by atoms with Gasteiger partial charge >= 0.3 is 5.97 Å². The van der Waals surface area contributed by atoms with Gasteiger partial charge in [-0.25, -0.2) is 13.2 Å². The van der Waals surface area contributed by atoms with Crippen molar-refractivity contribution in [1.82, 2.24) is 4.31 Å². The second-order valence-corrected chi connectivity index (χ2v) is 7.19. The van der Waals surface area contributed by atoms with Crippen LogP contribution in [0.4, 0.5) is 0 Å². The molecule has 0 amide bonds. The Morgan fingerprint density at radius 1 is 1.38 bits per heavy atom. The van der Waals surface area contributed by atoms with Crippen LogP contribution in [0.3, 0.4) is 0 Å². The molecule has 0 aromatic heterocycles. The minimum atomic E-state index is -3.70. The molecule has 1 saturated carbocycles. The summed E-state index contributed by atoms with van der Waals surface area (Å²) in [5.41, 5.74) is 1.14. The minimum Gasteiger partial charge on any atom is -0.478 e. The van der Waals surface area contributed by atoms with Crippen molar-refractivity contribution in [1.29, 1.82) is 0 Å². The van der Waals surface area contributed by atoms with Gasteiger partial charge in [0.15, 0.2) is 0 Å². The van der Waals surface area contributed by atoms with Crippen LogP contribution in [0.2, 0.25) is 0 Å². The van der Waals surface area contributed by atoms with Crippen molar-refractivity contribution in [3.05, 3.63) is 41.5 Å². The topological polar surface area (TPSA) is 74.7 Å². The average molecular weight is 309 g/mol. The van der Waals surface area contributed by atoms with Crippen LogP contribution in [0.15, 0.2) is 29.7 Å². The highest BCUT2D eigenvalue weighted by Crippen LogP contribution is 2.33. The summed E-state index contributed by atoms with van der Waals surface area (Å²) in [6, 6.07) is 2.87. The lowest BCUT2D eigenvalue weighted by molar-refractivity contribution is 0.0696. The van der Waals surface area contributed by atoms with Crippen molar-refractivity contribution in [3.63, 3.8) is 0 Å². The molecule has 0 bridgehead atoms. The summed E-state index contributed by atoms with van der Waals surface area (Å²) in [4.78, 5) is 11.3. The van der Waals surface area contributed by atoms with E-state index in [0.29, 0.717) is 11.1 Å². The fraction of sp³-hybridized carbons (Fsp3) is 0.400. The first-order valence-corrected chi connectivity index (χ1v) is 8.20. The highest BCUT2D eigenvalue weighted by atomic mass is 32.2. The number of sulfonamides is 1. The van der Waals surface area contributed by atoms with Gasteiger partial charge in [0, 0.05) is 12.6 Å². The van der Waals surface area contributed by atoms with Gasteiger partial charge in [0.1, 0.15) is 0 Å². The van der Waals surface area contributed by atoms with Crippen LogP contribution in [0.5, 0.6) is 0 Å². The SMILES string of the molecule is C=CCN(C1CC1)S(=O)(=O)c1cc(C(=O)O)c(C)cc1C. The lowest BCUT2D eigenvalue weighted by Crippen LogP contribution is -2.33. The normalized spacial score (nSPS) is 15.2. The monoisotopic (exact) mass is 309 g/mol. The highest BCUT2D eigenvalue weighted by Gasteiger charge is 2.38. The van der Waals surface area contributed by atoms with Gasteiger partial charge in [0.25, 0.3) is 0 Å². The van der Waals surface area contributed by atoms with E-state index in [-0.39, 0.29) is 23.0 Å². The number of aryl methyl sites for hydroxylation is 2. The summed E-state index contributed by atoms with van der Waals surface area (Å²) in [6.45, 7) is 7.19. The van der Waals surface area contributed by atoms with Crippen LogP contribution >= 0.6 is 0 Å². The van der Waals surface area contributed by atoms with E-state index in [4.69, 9.17) is 0 Å². The Morgan fingerprint density at radius 3 is 2.48 bits per heavy atom. The lowest BCUT2D eigenvalue weighted by Gasteiger charge is -2.22. The third-order valence-electron chi connectivity index (χ3n) is 3.60. The van der Waals surface area contributed by atoms with Crippen molar-refractivity contribution in [2.75, 3.05) is 6.54 Å². The first-order valence-electron chi connectivity index (χ1n) is 6.76. The number of carboxylic acid groups (broad SMARTS) is 1. The maximum absolute atomic E-state index is 12.8. The molecule has 5 nitrogen and oxygen atoms in total. The number of aromatic carboxylic acids is 1. The number of hydrogen-bond donors (Lipinski definition) is 1. The van der Waals surface area contributed by atoms with Crippen molar-refractivity contribution < 1.29 is 18.3 Å². The van der Waals surface area contributed by atoms with E-state index < -0.39 is 16.0 Å². The number of carboxylic acids is 1. The van der Waals surface area contributed by atoms with E-state index in [0.717, 1.165) is 12.8 Å². The third kappa shape index (κ3) is 3.01. The molecule has 1 fully saturated rings. The molecule has 0 atom stereocenters. The van der Waals surface area contributed by atoms with Crippen molar-refractivity contribution in [3.8, 4) is 0 Å². The molecule has 0 radical (unpaired) electrons. The second kappa shape index (κ2) is 5.61. The number of carbonyl (C=O) groups is 1. The number of rotatable bonds is 6. The highest BCUT2D eigenvalue weighted by molar-refractivity contribution is 7.89. The van der Waals surface area contributed by atoms with Crippen LogP contribution in [0.1, 0.15) is 34.3 Å². The molecule has 0 saturated heterocycles. The molecule has 6 heteroatoms. The Labute approximate surface area is 124 Å². The van der Waals surface area contributed by atoms with E-state index in [2.05, 4.69) is 6.58 Å². The van der Waals surface area contributed by atoms with Gasteiger partial charge in [0.05, 0.1) is 10.5 Å². The van der Waals surface area contributed by atoms with E-state index in [1.54, 1.807) is 26.0 Å². The Bertz CT molecular complexity index is 690. The van der Waals surface area contributed by atoms with Crippen LogP contribution in [0.25, 0.3) is 0 Å². The van der Waals surface area contributed by atoms with Crippen LogP contribution < -0.4 is 0 Å². The van der Waals surface area contributed by atoms with Gasteiger partial charge in [-0.1, -0.05) is 12.1 Å². The van der Waals surface area contributed by atoms with Crippen molar-refractivity contribution in [2.45, 2.75) is 37.6 Å². The summed E-state index contributed by atoms with van der Waals surface area (Å²) in [7, 11) is -3.70. The first-order chi connectivity index (χ1) is 9.78. The number of benzene rings is 1. The standard InChI is InChI=1S/C15H19NO4S/c1-4-7-16(12-5-6-12)21(19,20)14-9-13(15(17)18)10(2)8-11(14)3/h4,8-9,12H,1,5-7H2,2-3H3,(H,17,18). The Kier molecular flexibility index (Phi) is 4.20. The van der Waals surface area contributed by atoms with E-state index in [1.807, 2.05) is 0 Å². The lowest BCUT2D eigenvalue weighted by atomic mass is 10.1. The minimum absolute atomic E-state index is 0.00183. The van der Waals surface area contributed by atoms with Gasteiger partial charge < -0.3 is 5.11 Å². The van der Waals surface area contributed by atoms with Gasteiger partial charge in [0.2, 0.25) is 10.0 Å². The molecule has 2 rings (SSSR count). The Morgan fingerprint density at radius 2 is 2.00 bits per heavy atom.